The Kier molecular flexibility index (Phi) is 3.07. The van der Waals surface area contributed by atoms with E-state index >= 15 is 0 Å². The van der Waals surface area contributed by atoms with Crippen molar-refractivity contribution in [1.82, 2.24) is 15.2 Å². The number of hydrogen-bond donors (Lipinski definition) is 1. The van der Waals surface area contributed by atoms with Crippen molar-refractivity contribution in [1.29, 1.82) is 0 Å². The third-order valence-electron chi connectivity index (χ3n) is 2.88. The quantitative estimate of drug-likeness (QED) is 0.791. The smallest absolute Gasteiger partial charge is 0.208 e. The molecule has 1 aliphatic heterocycles. The Morgan fingerprint density at radius 3 is 2.93 bits per heavy atom. The summed E-state index contributed by atoms with van der Waals surface area (Å²) in [6, 6.07) is 0.566. The van der Waals surface area contributed by atoms with Gasteiger partial charge in [0.1, 0.15) is 5.76 Å². The summed E-state index contributed by atoms with van der Waals surface area (Å²) in [5.74, 6) is 1.78. The fraction of sp³-hybridized carbons (Fsp3) is 0.727. The van der Waals surface area contributed by atoms with Gasteiger partial charge in [0, 0.05) is 25.7 Å². The standard InChI is InChI=1S/C11H19N3O/c1-8-6-14(5-4-12-8)7-11-13-9(2)10(3)15-11/h8,12H,4-7H2,1-3H3/t8-/m1/s1. The van der Waals surface area contributed by atoms with E-state index in [1.54, 1.807) is 0 Å². The van der Waals surface area contributed by atoms with Crippen LogP contribution in [-0.4, -0.2) is 35.6 Å². The summed E-state index contributed by atoms with van der Waals surface area (Å²) in [7, 11) is 0. The Bertz CT molecular complexity index is 315. The SMILES string of the molecule is Cc1nc(CN2CCN[C@H](C)C2)oc1C. The minimum absolute atomic E-state index is 0.566. The summed E-state index contributed by atoms with van der Waals surface area (Å²) in [5.41, 5.74) is 1.01. The summed E-state index contributed by atoms with van der Waals surface area (Å²) in [6.07, 6.45) is 0. The second-order valence-electron chi connectivity index (χ2n) is 4.34. The van der Waals surface area contributed by atoms with E-state index in [1.165, 1.54) is 0 Å². The largest absolute Gasteiger partial charge is 0.444 e. The van der Waals surface area contributed by atoms with Gasteiger partial charge in [0.2, 0.25) is 5.89 Å². The highest BCUT2D eigenvalue weighted by atomic mass is 16.4. The Hall–Kier alpha value is -0.870. The zero-order valence-corrected chi connectivity index (χ0v) is 9.71. The number of nitrogens with zero attached hydrogens (tertiary/aromatic N) is 2. The zero-order chi connectivity index (χ0) is 10.8. The summed E-state index contributed by atoms with van der Waals surface area (Å²) in [4.78, 5) is 6.78. The highest BCUT2D eigenvalue weighted by Gasteiger charge is 2.17. The van der Waals surface area contributed by atoms with Gasteiger partial charge in [0.05, 0.1) is 12.2 Å². The molecule has 0 unspecified atom stereocenters. The molecular weight excluding hydrogens is 190 g/mol. The molecule has 4 nitrogen and oxygen atoms in total. The minimum atomic E-state index is 0.566. The van der Waals surface area contributed by atoms with Crippen molar-refractivity contribution in [3.63, 3.8) is 0 Å². The molecule has 4 heteroatoms. The van der Waals surface area contributed by atoms with E-state index in [0.717, 1.165) is 43.5 Å². The zero-order valence-electron chi connectivity index (χ0n) is 9.71. The Morgan fingerprint density at radius 1 is 1.53 bits per heavy atom. The highest BCUT2D eigenvalue weighted by Crippen LogP contribution is 2.11. The molecule has 0 amide bonds. The molecule has 1 aromatic rings. The first kappa shape index (κ1) is 10.6. The van der Waals surface area contributed by atoms with Crippen molar-refractivity contribution in [3.05, 3.63) is 17.3 Å². The molecule has 1 aromatic heterocycles. The van der Waals surface area contributed by atoms with Crippen molar-refractivity contribution >= 4 is 0 Å². The predicted octanol–water partition coefficient (Wildman–Crippen LogP) is 1.09. The predicted molar refractivity (Wildman–Crippen MR) is 58.7 cm³/mol. The molecule has 1 aliphatic rings. The van der Waals surface area contributed by atoms with E-state index in [9.17, 15) is 0 Å². The van der Waals surface area contributed by atoms with E-state index in [-0.39, 0.29) is 0 Å². The van der Waals surface area contributed by atoms with Crippen LogP contribution >= 0.6 is 0 Å². The van der Waals surface area contributed by atoms with Crippen LogP contribution in [0.3, 0.4) is 0 Å². The topological polar surface area (TPSA) is 41.3 Å². The minimum Gasteiger partial charge on any atom is -0.444 e. The molecule has 0 aliphatic carbocycles. The number of rotatable bonds is 2. The van der Waals surface area contributed by atoms with Gasteiger partial charge in [-0.2, -0.15) is 0 Å². The van der Waals surface area contributed by atoms with Crippen molar-refractivity contribution in [3.8, 4) is 0 Å². The number of aromatic nitrogens is 1. The third-order valence-corrected chi connectivity index (χ3v) is 2.88. The van der Waals surface area contributed by atoms with E-state index in [2.05, 4.69) is 22.1 Å². The number of aryl methyl sites for hydroxylation is 2. The van der Waals surface area contributed by atoms with Crippen LogP contribution in [0.2, 0.25) is 0 Å². The van der Waals surface area contributed by atoms with Crippen LogP contribution in [0.1, 0.15) is 24.3 Å². The maximum atomic E-state index is 5.58. The van der Waals surface area contributed by atoms with Crippen LogP contribution in [0.5, 0.6) is 0 Å². The molecule has 2 heterocycles. The molecule has 84 valence electrons. The van der Waals surface area contributed by atoms with Crippen LogP contribution < -0.4 is 5.32 Å². The van der Waals surface area contributed by atoms with E-state index in [4.69, 9.17) is 4.42 Å². The third kappa shape index (κ3) is 2.58. The van der Waals surface area contributed by atoms with E-state index in [1.807, 2.05) is 13.8 Å². The first-order valence-electron chi connectivity index (χ1n) is 5.54. The van der Waals surface area contributed by atoms with Gasteiger partial charge in [-0.1, -0.05) is 0 Å². The molecule has 0 spiro atoms. The van der Waals surface area contributed by atoms with Crippen molar-refractivity contribution in [2.75, 3.05) is 19.6 Å². The molecule has 1 N–H and O–H groups in total. The number of oxazole rings is 1. The first-order chi connectivity index (χ1) is 7.15. The van der Waals surface area contributed by atoms with Crippen LogP contribution in [0.4, 0.5) is 0 Å². The normalized spacial score (nSPS) is 23.3. The van der Waals surface area contributed by atoms with Gasteiger partial charge < -0.3 is 9.73 Å². The lowest BCUT2D eigenvalue weighted by atomic mass is 10.2. The lowest BCUT2D eigenvalue weighted by Crippen LogP contribution is -2.48. The van der Waals surface area contributed by atoms with Gasteiger partial charge in [0.15, 0.2) is 0 Å². The number of nitrogens with one attached hydrogen (secondary N) is 1. The van der Waals surface area contributed by atoms with Gasteiger partial charge >= 0.3 is 0 Å². The second-order valence-corrected chi connectivity index (χ2v) is 4.34. The molecule has 1 atom stereocenters. The van der Waals surface area contributed by atoms with Crippen molar-refractivity contribution in [2.24, 2.45) is 0 Å². The van der Waals surface area contributed by atoms with Gasteiger partial charge in [-0.25, -0.2) is 4.98 Å². The van der Waals surface area contributed by atoms with Crippen LogP contribution in [0, 0.1) is 13.8 Å². The summed E-state index contributed by atoms with van der Waals surface area (Å²) in [6.45, 7) is 10.2. The number of piperazine rings is 1. The Balaban J connectivity index is 1.96. The monoisotopic (exact) mass is 209 g/mol. The average Bonchev–Trinajstić information content (AvgIpc) is 2.45. The summed E-state index contributed by atoms with van der Waals surface area (Å²) >= 11 is 0. The Morgan fingerprint density at radius 2 is 2.33 bits per heavy atom. The van der Waals surface area contributed by atoms with Gasteiger partial charge in [0.25, 0.3) is 0 Å². The summed E-state index contributed by atoms with van der Waals surface area (Å²) < 4.78 is 5.58. The molecule has 0 bridgehead atoms. The second kappa shape index (κ2) is 4.33. The van der Waals surface area contributed by atoms with E-state index in [0.29, 0.717) is 6.04 Å². The molecular formula is C11H19N3O. The average molecular weight is 209 g/mol. The van der Waals surface area contributed by atoms with Crippen LogP contribution in [-0.2, 0) is 6.54 Å². The molecule has 2 rings (SSSR count). The molecule has 1 saturated heterocycles. The molecule has 0 aromatic carbocycles. The molecule has 0 radical (unpaired) electrons. The van der Waals surface area contributed by atoms with Gasteiger partial charge in [-0.05, 0) is 20.8 Å². The maximum absolute atomic E-state index is 5.58. The highest BCUT2D eigenvalue weighted by molar-refractivity contribution is 5.05. The molecule has 1 fully saturated rings. The number of hydrogen-bond acceptors (Lipinski definition) is 4. The van der Waals surface area contributed by atoms with Crippen molar-refractivity contribution < 1.29 is 4.42 Å². The van der Waals surface area contributed by atoms with Crippen molar-refractivity contribution in [2.45, 2.75) is 33.4 Å². The summed E-state index contributed by atoms with van der Waals surface area (Å²) in [5, 5.41) is 3.42. The Labute approximate surface area is 90.7 Å². The van der Waals surface area contributed by atoms with E-state index < -0.39 is 0 Å². The fourth-order valence-electron chi connectivity index (χ4n) is 1.95. The lowest BCUT2D eigenvalue weighted by Gasteiger charge is -2.30. The van der Waals surface area contributed by atoms with Gasteiger partial charge in [-0.15, -0.1) is 0 Å². The maximum Gasteiger partial charge on any atom is 0.208 e. The molecule has 15 heavy (non-hydrogen) atoms. The lowest BCUT2D eigenvalue weighted by molar-refractivity contribution is 0.183. The molecule has 0 saturated carbocycles. The first-order valence-corrected chi connectivity index (χ1v) is 5.54. The van der Waals surface area contributed by atoms with Crippen LogP contribution in [0.15, 0.2) is 4.42 Å². The van der Waals surface area contributed by atoms with Crippen LogP contribution in [0.25, 0.3) is 0 Å². The van der Waals surface area contributed by atoms with Gasteiger partial charge in [-0.3, -0.25) is 4.90 Å². The fourth-order valence-corrected chi connectivity index (χ4v) is 1.95.